The number of thiol groups is 1. The van der Waals surface area contributed by atoms with Gasteiger partial charge in [-0.1, -0.05) is 48.0 Å². The molecule has 0 saturated carbocycles. The Kier molecular flexibility index (Phi) is 4.71. The third-order valence-corrected chi connectivity index (χ3v) is 5.34. The molecule has 2 aromatic carbocycles. The third kappa shape index (κ3) is 3.58. The maximum Gasteiger partial charge on any atom is 0.323 e. The van der Waals surface area contributed by atoms with E-state index in [4.69, 9.17) is 16.7 Å². The van der Waals surface area contributed by atoms with Crippen LogP contribution >= 0.6 is 35.6 Å². The van der Waals surface area contributed by atoms with Crippen molar-refractivity contribution in [1.29, 1.82) is 0 Å². The summed E-state index contributed by atoms with van der Waals surface area (Å²) in [7, 11) is 0. The van der Waals surface area contributed by atoms with Gasteiger partial charge in [0, 0.05) is 11.2 Å². The molecule has 23 heavy (non-hydrogen) atoms. The lowest BCUT2D eigenvalue weighted by Crippen LogP contribution is -2.03. The zero-order valence-electron chi connectivity index (χ0n) is 11.8. The molecule has 0 aliphatic rings. The standard InChI is InChI=1S/C17H12ClNO2S2/c18-13-7-5-11(6-8-13)10-1-3-12(4-2-10)14-9-19-16(23-14)15(22)17(20)21/h1-9,15,22H,(H,20,21). The van der Waals surface area contributed by atoms with Crippen LogP contribution in [0, 0.1) is 0 Å². The molecule has 0 spiro atoms. The molecule has 116 valence electrons. The Labute approximate surface area is 148 Å². The Balaban J connectivity index is 1.85. The van der Waals surface area contributed by atoms with E-state index in [-0.39, 0.29) is 0 Å². The van der Waals surface area contributed by atoms with Gasteiger partial charge in [0.1, 0.15) is 5.01 Å². The molecule has 0 fully saturated rings. The van der Waals surface area contributed by atoms with Gasteiger partial charge < -0.3 is 5.11 Å². The van der Waals surface area contributed by atoms with Crippen LogP contribution in [0.2, 0.25) is 5.02 Å². The number of carboxylic acids is 1. The van der Waals surface area contributed by atoms with Crippen LogP contribution in [-0.4, -0.2) is 16.1 Å². The van der Waals surface area contributed by atoms with Crippen LogP contribution in [0.1, 0.15) is 10.3 Å². The highest BCUT2D eigenvalue weighted by atomic mass is 35.5. The van der Waals surface area contributed by atoms with Crippen LogP contribution in [0.4, 0.5) is 0 Å². The number of aromatic nitrogens is 1. The number of carbonyl (C=O) groups is 1. The Hall–Kier alpha value is -1.82. The normalized spacial score (nSPS) is 12.1. The monoisotopic (exact) mass is 361 g/mol. The molecule has 0 radical (unpaired) electrons. The van der Waals surface area contributed by atoms with Crippen molar-refractivity contribution in [3.8, 4) is 21.6 Å². The molecule has 0 bridgehead atoms. The van der Waals surface area contributed by atoms with Gasteiger partial charge in [0.25, 0.3) is 0 Å². The molecule has 1 N–H and O–H groups in total. The summed E-state index contributed by atoms with van der Waals surface area (Å²) in [5, 5.41) is 9.29. The van der Waals surface area contributed by atoms with Gasteiger partial charge in [0.2, 0.25) is 0 Å². The quantitative estimate of drug-likeness (QED) is 0.629. The predicted molar refractivity (Wildman–Crippen MR) is 97.4 cm³/mol. The maximum atomic E-state index is 11.0. The molecule has 0 aliphatic carbocycles. The number of thiazole rings is 1. The molecule has 1 unspecified atom stereocenters. The second-order valence-corrected chi connectivity index (χ2v) is 6.90. The van der Waals surface area contributed by atoms with Crippen LogP contribution in [-0.2, 0) is 4.79 Å². The number of hydrogen-bond acceptors (Lipinski definition) is 4. The summed E-state index contributed by atoms with van der Waals surface area (Å²) in [4.78, 5) is 16.0. The highest BCUT2D eigenvalue weighted by Crippen LogP contribution is 2.33. The first kappa shape index (κ1) is 16.1. The summed E-state index contributed by atoms with van der Waals surface area (Å²) in [6, 6.07) is 15.7. The van der Waals surface area contributed by atoms with Gasteiger partial charge in [0.15, 0.2) is 5.25 Å². The molecule has 0 saturated heterocycles. The van der Waals surface area contributed by atoms with E-state index >= 15 is 0 Å². The van der Waals surface area contributed by atoms with Crippen LogP contribution in [0.3, 0.4) is 0 Å². The van der Waals surface area contributed by atoms with Gasteiger partial charge in [-0.05, 0) is 28.8 Å². The summed E-state index contributed by atoms with van der Waals surface area (Å²) < 4.78 is 0. The van der Waals surface area contributed by atoms with Crippen molar-refractivity contribution in [2.75, 3.05) is 0 Å². The number of hydrogen-bond donors (Lipinski definition) is 2. The lowest BCUT2D eigenvalue weighted by Gasteiger charge is -2.03. The minimum absolute atomic E-state index is 0.484. The van der Waals surface area contributed by atoms with E-state index in [1.54, 1.807) is 6.20 Å². The number of benzene rings is 2. The molecule has 1 atom stereocenters. The average molecular weight is 362 g/mol. The summed E-state index contributed by atoms with van der Waals surface area (Å²) >= 11 is 11.3. The Morgan fingerprint density at radius 2 is 1.57 bits per heavy atom. The Morgan fingerprint density at radius 3 is 2.13 bits per heavy atom. The third-order valence-electron chi connectivity index (χ3n) is 3.34. The second kappa shape index (κ2) is 6.74. The smallest absolute Gasteiger partial charge is 0.323 e. The van der Waals surface area contributed by atoms with Gasteiger partial charge in [-0.25, -0.2) is 4.98 Å². The van der Waals surface area contributed by atoms with Crippen LogP contribution in [0.25, 0.3) is 21.6 Å². The molecule has 1 heterocycles. The fraction of sp³-hybridized carbons (Fsp3) is 0.0588. The molecule has 0 aliphatic heterocycles. The zero-order valence-corrected chi connectivity index (χ0v) is 14.3. The van der Waals surface area contributed by atoms with Crippen molar-refractivity contribution in [3.05, 3.63) is 64.8 Å². The van der Waals surface area contributed by atoms with Gasteiger partial charge in [-0.2, -0.15) is 12.6 Å². The summed E-state index contributed by atoms with van der Waals surface area (Å²) in [6.45, 7) is 0. The maximum absolute atomic E-state index is 11.0. The molecule has 6 heteroatoms. The first-order valence-electron chi connectivity index (χ1n) is 6.77. The highest BCUT2D eigenvalue weighted by molar-refractivity contribution is 7.81. The second-order valence-electron chi connectivity index (χ2n) is 4.89. The van der Waals surface area contributed by atoms with Crippen molar-refractivity contribution in [2.45, 2.75) is 5.25 Å². The van der Waals surface area contributed by atoms with Crippen molar-refractivity contribution >= 4 is 41.5 Å². The Morgan fingerprint density at radius 1 is 1.04 bits per heavy atom. The van der Waals surface area contributed by atoms with Gasteiger partial charge in [-0.15, -0.1) is 11.3 Å². The van der Waals surface area contributed by atoms with Gasteiger partial charge >= 0.3 is 5.97 Å². The largest absolute Gasteiger partial charge is 0.480 e. The number of carboxylic acid groups (broad SMARTS) is 1. The first-order chi connectivity index (χ1) is 11.0. The van der Waals surface area contributed by atoms with E-state index in [9.17, 15) is 4.79 Å². The van der Waals surface area contributed by atoms with Crippen LogP contribution < -0.4 is 0 Å². The topological polar surface area (TPSA) is 50.2 Å². The summed E-state index contributed by atoms with van der Waals surface area (Å²) in [5.74, 6) is -0.993. The molecular formula is C17H12ClNO2S2. The van der Waals surface area contributed by atoms with E-state index in [0.29, 0.717) is 10.0 Å². The van der Waals surface area contributed by atoms with Crippen molar-refractivity contribution < 1.29 is 9.90 Å². The lowest BCUT2D eigenvalue weighted by molar-refractivity contribution is -0.136. The molecule has 0 amide bonds. The van der Waals surface area contributed by atoms with E-state index in [1.165, 1.54) is 11.3 Å². The van der Waals surface area contributed by atoms with E-state index < -0.39 is 11.2 Å². The van der Waals surface area contributed by atoms with E-state index in [1.807, 2.05) is 48.5 Å². The zero-order chi connectivity index (χ0) is 16.4. The SMILES string of the molecule is O=C(O)C(S)c1ncc(-c2ccc(-c3ccc(Cl)cc3)cc2)s1. The number of aliphatic carboxylic acids is 1. The van der Waals surface area contributed by atoms with Crippen molar-refractivity contribution in [1.82, 2.24) is 4.98 Å². The predicted octanol–water partition coefficient (Wildman–Crippen LogP) is 5.19. The number of halogens is 1. The average Bonchev–Trinajstić information content (AvgIpc) is 3.05. The minimum atomic E-state index is -0.993. The fourth-order valence-corrected chi connectivity index (χ4v) is 3.38. The summed E-state index contributed by atoms with van der Waals surface area (Å²) in [6.07, 6.45) is 1.68. The first-order valence-corrected chi connectivity index (χ1v) is 8.48. The molecule has 3 nitrogen and oxygen atoms in total. The van der Waals surface area contributed by atoms with Crippen LogP contribution in [0.15, 0.2) is 54.7 Å². The van der Waals surface area contributed by atoms with Crippen molar-refractivity contribution in [2.24, 2.45) is 0 Å². The molecule has 1 aromatic heterocycles. The Bertz CT molecular complexity index is 829. The molecular weight excluding hydrogens is 350 g/mol. The van der Waals surface area contributed by atoms with E-state index in [2.05, 4.69) is 17.6 Å². The van der Waals surface area contributed by atoms with Crippen LogP contribution in [0.5, 0.6) is 0 Å². The minimum Gasteiger partial charge on any atom is -0.480 e. The molecule has 3 rings (SSSR count). The number of nitrogens with zero attached hydrogens (tertiary/aromatic N) is 1. The fourth-order valence-electron chi connectivity index (χ4n) is 2.12. The van der Waals surface area contributed by atoms with Crippen molar-refractivity contribution in [3.63, 3.8) is 0 Å². The highest BCUT2D eigenvalue weighted by Gasteiger charge is 2.19. The number of rotatable bonds is 4. The van der Waals surface area contributed by atoms with Gasteiger partial charge in [0.05, 0.1) is 4.88 Å². The summed E-state index contributed by atoms with van der Waals surface area (Å²) in [5.41, 5.74) is 3.18. The molecule has 3 aromatic rings. The lowest BCUT2D eigenvalue weighted by atomic mass is 10.0. The van der Waals surface area contributed by atoms with E-state index in [0.717, 1.165) is 21.6 Å². The van der Waals surface area contributed by atoms with Gasteiger partial charge in [-0.3, -0.25) is 4.79 Å².